The highest BCUT2D eigenvalue weighted by molar-refractivity contribution is 5.72. The van der Waals surface area contributed by atoms with E-state index in [1.165, 1.54) is 32.1 Å². The smallest absolute Gasteiger partial charge is 0.238 e. The zero-order valence-corrected chi connectivity index (χ0v) is 6.94. The van der Waals surface area contributed by atoms with Gasteiger partial charge in [0.2, 0.25) is 5.91 Å². The van der Waals surface area contributed by atoms with Crippen molar-refractivity contribution in [3.05, 3.63) is 0 Å². The van der Waals surface area contributed by atoms with E-state index in [0.717, 1.165) is 12.3 Å². The van der Waals surface area contributed by atoms with Crippen molar-refractivity contribution in [3.63, 3.8) is 0 Å². The molecule has 2 nitrogen and oxygen atoms in total. The number of carbonyl (C=O) groups excluding carboxylic acids is 1. The fourth-order valence-corrected chi connectivity index (χ4v) is 1.81. The molecule has 0 heterocycles. The Hall–Kier alpha value is -0.530. The van der Waals surface area contributed by atoms with E-state index in [1.54, 1.807) is 0 Å². The van der Waals surface area contributed by atoms with Gasteiger partial charge in [0.15, 0.2) is 0 Å². The third-order valence-electron chi connectivity index (χ3n) is 2.50. The Balaban J connectivity index is 2.09. The van der Waals surface area contributed by atoms with Gasteiger partial charge in [-0.1, -0.05) is 32.1 Å². The van der Waals surface area contributed by atoms with E-state index in [-0.39, 0.29) is 0 Å². The van der Waals surface area contributed by atoms with E-state index in [4.69, 9.17) is 5.73 Å². The topological polar surface area (TPSA) is 40.9 Å². The third kappa shape index (κ3) is 3.40. The molecule has 1 fully saturated rings. The maximum atomic E-state index is 10.4. The van der Waals surface area contributed by atoms with E-state index in [1.807, 2.05) is 0 Å². The summed E-state index contributed by atoms with van der Waals surface area (Å²) in [7, 11) is 0. The zero-order valence-electron chi connectivity index (χ0n) is 6.94. The standard InChI is InChI=1S/C9H16NO/c10-9(11)7-6-8-4-2-1-3-5-8/h8,10H,1-7H2. The summed E-state index contributed by atoms with van der Waals surface area (Å²) < 4.78 is 0. The van der Waals surface area contributed by atoms with Crippen LogP contribution in [0.2, 0.25) is 0 Å². The van der Waals surface area contributed by atoms with Crippen molar-refractivity contribution in [2.75, 3.05) is 0 Å². The van der Waals surface area contributed by atoms with Crippen LogP contribution in [-0.4, -0.2) is 5.91 Å². The lowest BCUT2D eigenvalue weighted by Gasteiger charge is -2.20. The van der Waals surface area contributed by atoms with E-state index in [2.05, 4.69) is 0 Å². The summed E-state index contributed by atoms with van der Waals surface area (Å²) in [6.07, 6.45) is 8.03. The first-order valence-electron chi connectivity index (χ1n) is 4.53. The first-order valence-corrected chi connectivity index (χ1v) is 4.53. The van der Waals surface area contributed by atoms with Crippen LogP contribution in [-0.2, 0) is 4.79 Å². The van der Waals surface area contributed by atoms with Gasteiger partial charge in [-0.15, -0.1) is 0 Å². The van der Waals surface area contributed by atoms with Gasteiger partial charge in [0.25, 0.3) is 0 Å². The van der Waals surface area contributed by atoms with Crippen LogP contribution in [0.1, 0.15) is 44.9 Å². The molecule has 1 N–H and O–H groups in total. The van der Waals surface area contributed by atoms with Gasteiger partial charge in [0, 0.05) is 6.42 Å². The van der Waals surface area contributed by atoms with E-state index in [9.17, 15) is 4.79 Å². The van der Waals surface area contributed by atoms with Gasteiger partial charge < -0.3 is 0 Å². The Labute approximate surface area is 68.2 Å². The third-order valence-corrected chi connectivity index (χ3v) is 2.50. The highest BCUT2D eigenvalue weighted by atomic mass is 16.1. The summed E-state index contributed by atoms with van der Waals surface area (Å²) >= 11 is 0. The van der Waals surface area contributed by atoms with Crippen LogP contribution >= 0.6 is 0 Å². The molecule has 1 amide bonds. The molecule has 0 unspecified atom stereocenters. The highest BCUT2D eigenvalue weighted by Crippen LogP contribution is 2.26. The fourth-order valence-electron chi connectivity index (χ4n) is 1.81. The first-order chi connectivity index (χ1) is 5.29. The molecule has 0 aliphatic heterocycles. The minimum atomic E-state index is -0.393. The first kappa shape index (κ1) is 8.57. The van der Waals surface area contributed by atoms with E-state index >= 15 is 0 Å². The Bertz CT molecular complexity index is 128. The molecule has 0 aromatic heterocycles. The van der Waals surface area contributed by atoms with Crippen LogP contribution < -0.4 is 5.73 Å². The largest absolute Gasteiger partial charge is 0.273 e. The van der Waals surface area contributed by atoms with Gasteiger partial charge in [-0.2, -0.15) is 0 Å². The molecule has 1 radical (unpaired) electrons. The van der Waals surface area contributed by atoms with Gasteiger partial charge in [-0.25, -0.2) is 0 Å². The second-order valence-electron chi connectivity index (χ2n) is 3.47. The molecular formula is C9H16NO. The molecule has 0 bridgehead atoms. The number of hydrogen-bond donors (Lipinski definition) is 0. The predicted molar refractivity (Wildman–Crippen MR) is 43.9 cm³/mol. The summed E-state index contributed by atoms with van der Waals surface area (Å²) in [5.74, 6) is 0.355. The number of carbonyl (C=O) groups is 1. The lowest BCUT2D eigenvalue weighted by molar-refractivity contribution is -0.119. The molecule has 63 valence electrons. The molecule has 2 heteroatoms. The van der Waals surface area contributed by atoms with Crippen molar-refractivity contribution >= 4 is 5.91 Å². The molecule has 0 saturated heterocycles. The highest BCUT2D eigenvalue weighted by Gasteiger charge is 2.13. The van der Waals surface area contributed by atoms with Crippen molar-refractivity contribution in [1.29, 1.82) is 0 Å². The summed E-state index contributed by atoms with van der Waals surface area (Å²) in [4.78, 5) is 10.4. The summed E-state index contributed by atoms with van der Waals surface area (Å²) in [5, 5.41) is 0. The second-order valence-corrected chi connectivity index (χ2v) is 3.47. The van der Waals surface area contributed by atoms with Crippen LogP contribution in [0.4, 0.5) is 0 Å². The van der Waals surface area contributed by atoms with Crippen LogP contribution in [0, 0.1) is 5.92 Å². The van der Waals surface area contributed by atoms with Crippen LogP contribution in [0.3, 0.4) is 0 Å². The van der Waals surface area contributed by atoms with Crippen LogP contribution in [0.25, 0.3) is 0 Å². The molecule has 1 rings (SSSR count). The van der Waals surface area contributed by atoms with E-state index < -0.39 is 5.91 Å². The minimum absolute atomic E-state index is 0.393. The summed E-state index contributed by atoms with van der Waals surface area (Å²) in [5.41, 5.74) is 6.76. The molecule has 0 aromatic carbocycles. The van der Waals surface area contributed by atoms with Gasteiger partial charge in [-0.3, -0.25) is 10.5 Å². The Morgan fingerprint density at radius 3 is 2.45 bits per heavy atom. The lowest BCUT2D eigenvalue weighted by atomic mass is 9.86. The SMILES string of the molecule is [NH]C(=O)CCC1CCCCC1. The quantitative estimate of drug-likeness (QED) is 0.614. The maximum Gasteiger partial charge on any atom is 0.238 e. The molecule has 1 aliphatic rings. The van der Waals surface area contributed by atoms with Gasteiger partial charge in [-0.05, 0) is 12.3 Å². The lowest BCUT2D eigenvalue weighted by Crippen LogP contribution is -2.08. The normalized spacial score (nSPS) is 20.0. The summed E-state index contributed by atoms with van der Waals surface area (Å²) in [6.45, 7) is 0. The van der Waals surface area contributed by atoms with E-state index in [0.29, 0.717) is 6.42 Å². The molecule has 11 heavy (non-hydrogen) atoms. The number of amides is 1. The fraction of sp³-hybridized carbons (Fsp3) is 0.889. The van der Waals surface area contributed by atoms with Gasteiger partial charge in [0.05, 0.1) is 0 Å². The zero-order chi connectivity index (χ0) is 8.10. The van der Waals surface area contributed by atoms with Crippen molar-refractivity contribution in [1.82, 2.24) is 5.73 Å². The molecule has 0 atom stereocenters. The molecule has 1 aliphatic carbocycles. The Morgan fingerprint density at radius 1 is 1.27 bits per heavy atom. The predicted octanol–water partition coefficient (Wildman–Crippen LogP) is 2.16. The molecule has 0 spiro atoms. The number of rotatable bonds is 3. The van der Waals surface area contributed by atoms with Gasteiger partial charge in [0.1, 0.15) is 0 Å². The maximum absolute atomic E-state index is 10.4. The van der Waals surface area contributed by atoms with Crippen LogP contribution in [0.15, 0.2) is 0 Å². The molecular weight excluding hydrogens is 138 g/mol. The Kier molecular flexibility index (Phi) is 3.40. The number of hydrogen-bond acceptors (Lipinski definition) is 1. The average Bonchev–Trinajstić information content (AvgIpc) is 2.03. The average molecular weight is 154 g/mol. The van der Waals surface area contributed by atoms with Crippen molar-refractivity contribution in [2.45, 2.75) is 44.9 Å². The van der Waals surface area contributed by atoms with Crippen LogP contribution in [0.5, 0.6) is 0 Å². The minimum Gasteiger partial charge on any atom is -0.273 e. The molecule has 0 aromatic rings. The Morgan fingerprint density at radius 2 is 1.91 bits per heavy atom. The van der Waals surface area contributed by atoms with Crippen molar-refractivity contribution in [3.8, 4) is 0 Å². The monoisotopic (exact) mass is 154 g/mol. The second kappa shape index (κ2) is 4.37. The van der Waals surface area contributed by atoms with Gasteiger partial charge >= 0.3 is 0 Å². The summed E-state index contributed by atoms with van der Waals surface area (Å²) in [6, 6.07) is 0. The molecule has 1 saturated carbocycles. The number of nitrogens with one attached hydrogen (secondary N) is 1. The van der Waals surface area contributed by atoms with Crippen molar-refractivity contribution in [2.24, 2.45) is 5.92 Å². The van der Waals surface area contributed by atoms with Crippen molar-refractivity contribution < 1.29 is 4.79 Å².